The number of morpholine rings is 1. The molecule has 0 N–H and O–H groups in total. The lowest BCUT2D eigenvalue weighted by atomic mass is 9.88. The van der Waals surface area contributed by atoms with E-state index >= 15 is 0 Å². The molecule has 1 saturated heterocycles. The average molecular weight is 278 g/mol. The second-order valence-electron chi connectivity index (χ2n) is 5.42. The van der Waals surface area contributed by atoms with Crippen molar-refractivity contribution in [2.24, 2.45) is 0 Å². The van der Waals surface area contributed by atoms with Gasteiger partial charge in [-0.1, -0.05) is 42.5 Å². The molecule has 1 atom stereocenters. The molecule has 0 aliphatic carbocycles. The van der Waals surface area contributed by atoms with Crippen LogP contribution in [0, 0.1) is 0 Å². The monoisotopic (exact) mass is 278 g/mol. The summed E-state index contributed by atoms with van der Waals surface area (Å²) in [4.78, 5) is 12.8. The Balaban J connectivity index is 2.37. The first kappa shape index (κ1) is 14.3. The van der Waals surface area contributed by atoms with Gasteiger partial charge in [0.25, 0.3) is 0 Å². The maximum absolute atomic E-state index is 12.8. The zero-order valence-corrected chi connectivity index (χ0v) is 12.3. The summed E-state index contributed by atoms with van der Waals surface area (Å²) in [5, 5.41) is 1.63. The van der Waals surface area contributed by atoms with Crippen LogP contribution in [-0.2, 0) is 4.74 Å². The number of hydrogen-bond acceptors (Lipinski definition) is 3. The smallest absolute Gasteiger partial charge is 0.227 e. The second-order valence-corrected chi connectivity index (χ2v) is 5.65. The van der Waals surface area contributed by atoms with E-state index in [-0.39, 0.29) is 5.78 Å². The van der Waals surface area contributed by atoms with Crippen molar-refractivity contribution in [3.8, 4) is 0 Å². The van der Waals surface area contributed by atoms with Crippen LogP contribution in [-0.4, -0.2) is 54.5 Å². The van der Waals surface area contributed by atoms with Crippen LogP contribution in [0.3, 0.4) is 0 Å². The lowest BCUT2D eigenvalue weighted by Crippen LogP contribution is -2.68. The number of carbonyl (C=O) groups excluding carboxylic acids is 1. The van der Waals surface area contributed by atoms with E-state index in [1.54, 1.807) is 5.37 Å². The fraction of sp³-hybridized carbons (Fsp3) is 0.467. The van der Waals surface area contributed by atoms with Gasteiger partial charge in [0.05, 0.1) is 20.3 Å². The van der Waals surface area contributed by atoms with Crippen LogP contribution in [0.2, 0.25) is 0 Å². The molecule has 1 aliphatic heterocycles. The first-order chi connectivity index (χ1) is 9.03. The van der Waals surface area contributed by atoms with Crippen LogP contribution in [0.25, 0.3) is 0 Å². The van der Waals surface area contributed by atoms with E-state index < -0.39 is 5.54 Å². The van der Waals surface area contributed by atoms with E-state index in [0.29, 0.717) is 17.7 Å². The molecule has 19 heavy (non-hydrogen) atoms. The predicted molar refractivity (Wildman–Crippen MR) is 79.6 cm³/mol. The van der Waals surface area contributed by atoms with Crippen molar-refractivity contribution in [3.63, 3.8) is 0 Å². The highest BCUT2D eigenvalue weighted by Gasteiger charge is 2.49. The van der Waals surface area contributed by atoms with Crippen LogP contribution >= 0.6 is 12.2 Å². The summed E-state index contributed by atoms with van der Waals surface area (Å²) in [7, 11) is 2.09. The SMILES string of the molecule is CC(C=S)(C(=O)c1ccccc1)[N+]1(C)CCOCC1. The molecule has 4 heteroatoms. The molecule has 0 spiro atoms. The number of Topliss-reactive ketones (excluding diaryl/α,β-unsaturated/α-hetero) is 1. The molecule has 1 aliphatic rings. The molecular formula is C15H20NO2S+. The number of rotatable bonds is 4. The van der Waals surface area contributed by atoms with Crippen molar-refractivity contribution in [3.05, 3.63) is 35.9 Å². The quantitative estimate of drug-likeness (QED) is 0.479. The number of carbonyl (C=O) groups is 1. The molecule has 2 rings (SSSR count). The standard InChI is InChI=1S/C15H20NO2S/c1-15(12-19,16(2)8-10-18-11-9-16)14(17)13-6-4-3-5-7-13/h3-7,12H,8-11H2,1-2H3/q+1. The lowest BCUT2D eigenvalue weighted by molar-refractivity contribution is -0.941. The molecule has 0 bridgehead atoms. The Bertz CT molecular complexity index is 468. The summed E-state index contributed by atoms with van der Waals surface area (Å²) < 4.78 is 6.03. The minimum atomic E-state index is -0.680. The first-order valence-corrected chi connectivity index (χ1v) is 6.99. The van der Waals surface area contributed by atoms with E-state index in [1.165, 1.54) is 0 Å². The summed E-state index contributed by atoms with van der Waals surface area (Å²) in [6, 6.07) is 9.39. The van der Waals surface area contributed by atoms with Crippen molar-refractivity contribution in [1.29, 1.82) is 0 Å². The Morgan fingerprint density at radius 3 is 2.42 bits per heavy atom. The fourth-order valence-corrected chi connectivity index (χ4v) is 2.88. The number of nitrogens with zero attached hydrogens (tertiary/aromatic N) is 1. The van der Waals surface area contributed by atoms with Crippen LogP contribution < -0.4 is 0 Å². The molecule has 102 valence electrons. The largest absolute Gasteiger partial charge is 0.370 e. The van der Waals surface area contributed by atoms with Crippen LogP contribution in [0.5, 0.6) is 0 Å². The van der Waals surface area contributed by atoms with E-state index in [0.717, 1.165) is 18.7 Å². The molecule has 1 heterocycles. The van der Waals surface area contributed by atoms with E-state index in [1.807, 2.05) is 37.3 Å². The zero-order chi connectivity index (χ0) is 13.9. The Labute approximate surface area is 119 Å². The minimum Gasteiger partial charge on any atom is -0.370 e. The molecule has 1 unspecified atom stereocenters. The molecule has 1 fully saturated rings. The number of benzene rings is 1. The fourth-order valence-electron chi connectivity index (χ4n) is 2.52. The summed E-state index contributed by atoms with van der Waals surface area (Å²) >= 11 is 5.21. The van der Waals surface area contributed by atoms with Gasteiger partial charge in [0, 0.05) is 17.9 Å². The molecule has 1 aromatic rings. The van der Waals surface area contributed by atoms with Crippen molar-refractivity contribution < 1.29 is 14.0 Å². The zero-order valence-electron chi connectivity index (χ0n) is 11.5. The van der Waals surface area contributed by atoms with Gasteiger partial charge in [-0.15, -0.1) is 0 Å². The number of hydrogen-bond donors (Lipinski definition) is 0. The molecule has 0 aromatic heterocycles. The third-order valence-electron chi connectivity index (χ3n) is 4.30. The molecule has 3 nitrogen and oxygen atoms in total. The topological polar surface area (TPSA) is 26.3 Å². The normalized spacial score (nSPS) is 21.4. The molecule has 0 saturated carbocycles. The van der Waals surface area contributed by atoms with E-state index in [2.05, 4.69) is 7.05 Å². The second kappa shape index (κ2) is 5.49. The average Bonchev–Trinajstić information content (AvgIpc) is 2.47. The Hall–Kier alpha value is -1.10. The highest BCUT2D eigenvalue weighted by atomic mass is 32.1. The predicted octanol–water partition coefficient (Wildman–Crippen LogP) is 2.10. The van der Waals surface area contributed by atoms with E-state index in [9.17, 15) is 4.79 Å². The highest BCUT2D eigenvalue weighted by molar-refractivity contribution is 7.79. The maximum atomic E-state index is 12.8. The lowest BCUT2D eigenvalue weighted by Gasteiger charge is -2.48. The van der Waals surface area contributed by atoms with Gasteiger partial charge in [-0.05, 0) is 0 Å². The van der Waals surface area contributed by atoms with Gasteiger partial charge in [0.2, 0.25) is 5.78 Å². The third kappa shape index (κ3) is 2.48. The number of ketones is 1. The number of likely N-dealkylation sites (N-methyl/N-ethyl adjacent to an activating group) is 1. The third-order valence-corrected chi connectivity index (χ3v) is 4.76. The van der Waals surface area contributed by atoms with Crippen molar-refractivity contribution in [1.82, 2.24) is 0 Å². The molecular weight excluding hydrogens is 258 g/mol. The van der Waals surface area contributed by atoms with Gasteiger partial charge < -0.3 is 9.22 Å². The summed E-state index contributed by atoms with van der Waals surface area (Å²) in [6.07, 6.45) is 0. The Morgan fingerprint density at radius 1 is 1.32 bits per heavy atom. The Morgan fingerprint density at radius 2 is 1.89 bits per heavy atom. The van der Waals surface area contributed by atoms with Crippen LogP contribution in [0.15, 0.2) is 30.3 Å². The van der Waals surface area contributed by atoms with Crippen LogP contribution in [0.1, 0.15) is 17.3 Å². The summed E-state index contributed by atoms with van der Waals surface area (Å²) in [5.41, 5.74) is 0.0393. The number of quaternary nitrogens is 1. The Kier molecular flexibility index (Phi) is 4.13. The van der Waals surface area contributed by atoms with Gasteiger partial charge >= 0.3 is 0 Å². The molecule has 0 amide bonds. The van der Waals surface area contributed by atoms with Gasteiger partial charge in [0.1, 0.15) is 13.1 Å². The van der Waals surface area contributed by atoms with Gasteiger partial charge in [-0.3, -0.25) is 4.79 Å². The van der Waals surface area contributed by atoms with Gasteiger partial charge in [0.15, 0.2) is 5.54 Å². The highest BCUT2D eigenvalue weighted by Crippen LogP contribution is 2.27. The van der Waals surface area contributed by atoms with Crippen molar-refractivity contribution >= 4 is 23.4 Å². The van der Waals surface area contributed by atoms with Gasteiger partial charge in [-0.2, -0.15) is 0 Å². The number of ether oxygens (including phenoxy) is 1. The number of thiocarbonyl (C=S) groups is 1. The van der Waals surface area contributed by atoms with E-state index in [4.69, 9.17) is 17.0 Å². The van der Waals surface area contributed by atoms with Crippen LogP contribution in [0.4, 0.5) is 0 Å². The molecule has 0 radical (unpaired) electrons. The van der Waals surface area contributed by atoms with Crippen molar-refractivity contribution in [2.45, 2.75) is 12.5 Å². The van der Waals surface area contributed by atoms with Crippen molar-refractivity contribution in [2.75, 3.05) is 33.4 Å². The molecule has 1 aromatic carbocycles. The maximum Gasteiger partial charge on any atom is 0.227 e. The van der Waals surface area contributed by atoms with Gasteiger partial charge in [-0.25, -0.2) is 0 Å². The summed E-state index contributed by atoms with van der Waals surface area (Å²) in [6.45, 7) is 4.92. The first-order valence-electron chi connectivity index (χ1n) is 6.52. The minimum absolute atomic E-state index is 0.0903. The summed E-state index contributed by atoms with van der Waals surface area (Å²) in [5.74, 6) is 0.0903.